The number of halogens is 1. The lowest BCUT2D eigenvalue weighted by Crippen LogP contribution is -2.38. The van der Waals surface area contributed by atoms with E-state index in [-0.39, 0.29) is 6.61 Å². The van der Waals surface area contributed by atoms with Gasteiger partial charge in [0.25, 0.3) is 0 Å². The number of aliphatic hydroxyl groups is 1. The molecule has 1 saturated heterocycles. The van der Waals surface area contributed by atoms with Gasteiger partial charge in [-0.2, -0.15) is 0 Å². The largest absolute Gasteiger partial charge is 0.395 e. The summed E-state index contributed by atoms with van der Waals surface area (Å²) >= 11 is 3.51. The number of benzene rings is 1. The zero-order valence-electron chi connectivity index (χ0n) is 11.5. The summed E-state index contributed by atoms with van der Waals surface area (Å²) in [5.41, 5.74) is 1.62. The van der Waals surface area contributed by atoms with Crippen molar-refractivity contribution in [1.82, 2.24) is 10.2 Å². The average molecular weight is 327 g/mol. The number of hydrogen-bond donors (Lipinski definition) is 2. The maximum Gasteiger partial charge on any atom is 0.0558 e. The molecule has 0 aliphatic carbocycles. The molecule has 106 valence electrons. The van der Waals surface area contributed by atoms with Gasteiger partial charge in [-0.05, 0) is 36.1 Å². The van der Waals surface area contributed by atoms with Crippen LogP contribution in [0, 0.1) is 5.41 Å². The molecule has 0 saturated carbocycles. The summed E-state index contributed by atoms with van der Waals surface area (Å²) in [4.78, 5) is 2.36. The standard InChI is InChI=1S/C15H23BrN2O/c1-15(5-6-17-11-15)12-18(7-8-19)10-13-3-2-4-14(16)9-13/h2-4,9,17,19H,5-8,10-12H2,1H3. The van der Waals surface area contributed by atoms with Gasteiger partial charge in [0.05, 0.1) is 6.61 Å². The van der Waals surface area contributed by atoms with E-state index in [9.17, 15) is 5.11 Å². The van der Waals surface area contributed by atoms with E-state index in [4.69, 9.17) is 0 Å². The number of hydrogen-bond acceptors (Lipinski definition) is 3. The second-order valence-corrected chi connectivity index (χ2v) is 6.72. The molecule has 1 heterocycles. The van der Waals surface area contributed by atoms with E-state index in [2.05, 4.69) is 51.3 Å². The third kappa shape index (κ3) is 4.56. The molecule has 0 bridgehead atoms. The van der Waals surface area contributed by atoms with Crippen LogP contribution in [0.4, 0.5) is 0 Å². The Morgan fingerprint density at radius 2 is 2.32 bits per heavy atom. The van der Waals surface area contributed by atoms with Crippen LogP contribution in [0.3, 0.4) is 0 Å². The van der Waals surface area contributed by atoms with Gasteiger partial charge in [0.1, 0.15) is 0 Å². The molecule has 1 aliphatic heterocycles. The number of nitrogens with one attached hydrogen (secondary N) is 1. The van der Waals surface area contributed by atoms with Crippen LogP contribution in [0.1, 0.15) is 18.9 Å². The summed E-state index contributed by atoms with van der Waals surface area (Å²) in [7, 11) is 0. The van der Waals surface area contributed by atoms with Crippen molar-refractivity contribution >= 4 is 15.9 Å². The summed E-state index contributed by atoms with van der Waals surface area (Å²) in [5, 5.41) is 12.7. The summed E-state index contributed by atoms with van der Waals surface area (Å²) in [6.45, 7) is 7.41. The molecule has 1 aromatic carbocycles. The van der Waals surface area contributed by atoms with Crippen molar-refractivity contribution in [2.24, 2.45) is 5.41 Å². The Balaban J connectivity index is 1.99. The summed E-state index contributed by atoms with van der Waals surface area (Å²) in [5.74, 6) is 0. The molecule has 0 amide bonds. The first-order valence-corrected chi connectivity index (χ1v) is 7.69. The number of rotatable bonds is 6. The highest BCUT2D eigenvalue weighted by molar-refractivity contribution is 9.10. The van der Waals surface area contributed by atoms with E-state index < -0.39 is 0 Å². The average Bonchev–Trinajstić information content (AvgIpc) is 2.76. The Hall–Kier alpha value is -0.420. The quantitative estimate of drug-likeness (QED) is 0.841. The first kappa shape index (κ1) is 15.0. The molecule has 0 aromatic heterocycles. The summed E-state index contributed by atoms with van der Waals surface area (Å²) in [6, 6.07) is 8.40. The van der Waals surface area contributed by atoms with Gasteiger partial charge >= 0.3 is 0 Å². The molecule has 2 rings (SSSR count). The van der Waals surface area contributed by atoms with Crippen LogP contribution in [0.15, 0.2) is 28.7 Å². The zero-order valence-corrected chi connectivity index (χ0v) is 13.1. The molecule has 19 heavy (non-hydrogen) atoms. The molecular formula is C15H23BrN2O. The lowest BCUT2D eigenvalue weighted by molar-refractivity contribution is 0.138. The second kappa shape index (κ2) is 6.84. The Labute approximate surface area is 124 Å². The van der Waals surface area contributed by atoms with E-state index in [1.54, 1.807) is 0 Å². The normalized spacial score (nSPS) is 23.2. The van der Waals surface area contributed by atoms with E-state index >= 15 is 0 Å². The van der Waals surface area contributed by atoms with Crippen LogP contribution >= 0.6 is 15.9 Å². The molecule has 1 unspecified atom stereocenters. The van der Waals surface area contributed by atoms with Crippen LogP contribution in [-0.2, 0) is 6.54 Å². The van der Waals surface area contributed by atoms with Gasteiger partial charge in [0, 0.05) is 30.7 Å². The molecule has 2 N–H and O–H groups in total. The minimum Gasteiger partial charge on any atom is -0.395 e. The summed E-state index contributed by atoms with van der Waals surface area (Å²) < 4.78 is 1.11. The van der Waals surface area contributed by atoms with Gasteiger partial charge in [-0.3, -0.25) is 4.90 Å². The minimum atomic E-state index is 0.220. The van der Waals surface area contributed by atoms with Crippen LogP contribution in [-0.4, -0.2) is 42.8 Å². The fourth-order valence-corrected chi connectivity index (χ4v) is 3.24. The highest BCUT2D eigenvalue weighted by Gasteiger charge is 2.30. The lowest BCUT2D eigenvalue weighted by Gasteiger charge is -2.31. The van der Waals surface area contributed by atoms with E-state index in [1.807, 2.05) is 6.07 Å². The van der Waals surface area contributed by atoms with E-state index in [1.165, 1.54) is 12.0 Å². The van der Waals surface area contributed by atoms with Gasteiger partial charge in [-0.25, -0.2) is 0 Å². The Kier molecular flexibility index (Phi) is 5.39. The smallest absolute Gasteiger partial charge is 0.0558 e. The first-order valence-electron chi connectivity index (χ1n) is 6.90. The molecule has 1 aliphatic rings. The molecule has 0 spiro atoms. The topological polar surface area (TPSA) is 35.5 Å². The van der Waals surface area contributed by atoms with Gasteiger partial charge in [0.2, 0.25) is 0 Å². The molecular weight excluding hydrogens is 304 g/mol. The maximum atomic E-state index is 9.26. The van der Waals surface area contributed by atoms with Gasteiger partial charge < -0.3 is 10.4 Å². The Bertz CT molecular complexity index is 405. The first-order chi connectivity index (χ1) is 9.11. The second-order valence-electron chi connectivity index (χ2n) is 5.80. The van der Waals surface area contributed by atoms with Crippen molar-refractivity contribution in [2.75, 3.05) is 32.8 Å². The van der Waals surface area contributed by atoms with Gasteiger partial charge in [-0.1, -0.05) is 35.0 Å². The third-order valence-corrected chi connectivity index (χ3v) is 4.27. The van der Waals surface area contributed by atoms with Crippen LogP contribution in [0.2, 0.25) is 0 Å². The molecule has 1 atom stereocenters. The Morgan fingerprint density at radius 3 is 2.95 bits per heavy atom. The molecule has 0 radical (unpaired) electrons. The van der Waals surface area contributed by atoms with Crippen LogP contribution in [0.25, 0.3) is 0 Å². The highest BCUT2D eigenvalue weighted by atomic mass is 79.9. The molecule has 3 nitrogen and oxygen atoms in total. The van der Waals surface area contributed by atoms with Crippen LogP contribution < -0.4 is 5.32 Å². The van der Waals surface area contributed by atoms with E-state index in [0.29, 0.717) is 5.41 Å². The van der Waals surface area contributed by atoms with Crippen molar-refractivity contribution in [2.45, 2.75) is 19.9 Å². The van der Waals surface area contributed by atoms with Crippen molar-refractivity contribution in [3.8, 4) is 0 Å². The van der Waals surface area contributed by atoms with Crippen LogP contribution in [0.5, 0.6) is 0 Å². The fourth-order valence-electron chi connectivity index (χ4n) is 2.79. The highest BCUT2D eigenvalue weighted by Crippen LogP contribution is 2.26. The molecule has 4 heteroatoms. The van der Waals surface area contributed by atoms with Crippen molar-refractivity contribution in [3.05, 3.63) is 34.3 Å². The van der Waals surface area contributed by atoms with Crippen molar-refractivity contribution in [3.63, 3.8) is 0 Å². The maximum absolute atomic E-state index is 9.26. The van der Waals surface area contributed by atoms with Crippen molar-refractivity contribution in [1.29, 1.82) is 0 Å². The van der Waals surface area contributed by atoms with Gasteiger partial charge in [0.15, 0.2) is 0 Å². The zero-order chi connectivity index (χ0) is 13.7. The number of nitrogens with zero attached hydrogens (tertiary/aromatic N) is 1. The third-order valence-electron chi connectivity index (χ3n) is 3.77. The fraction of sp³-hybridized carbons (Fsp3) is 0.600. The molecule has 1 aromatic rings. The molecule has 1 fully saturated rings. The van der Waals surface area contributed by atoms with Crippen molar-refractivity contribution < 1.29 is 5.11 Å². The Morgan fingerprint density at radius 1 is 1.47 bits per heavy atom. The number of aliphatic hydroxyl groups excluding tert-OH is 1. The monoisotopic (exact) mass is 326 g/mol. The predicted octanol–water partition coefficient (Wildman–Crippen LogP) is 2.24. The SMILES string of the molecule is CC1(CN(CCO)Cc2cccc(Br)c2)CCNC1. The summed E-state index contributed by atoms with van der Waals surface area (Å²) in [6.07, 6.45) is 1.22. The van der Waals surface area contributed by atoms with Gasteiger partial charge in [-0.15, -0.1) is 0 Å². The van der Waals surface area contributed by atoms with E-state index in [0.717, 1.165) is 37.2 Å². The minimum absolute atomic E-state index is 0.220. The lowest BCUT2D eigenvalue weighted by atomic mass is 9.89. The predicted molar refractivity (Wildman–Crippen MR) is 82.1 cm³/mol.